The Kier molecular flexibility index (Phi) is 5.50. The molecular weight excluding hydrogens is 314 g/mol. The van der Waals surface area contributed by atoms with Gasteiger partial charge < -0.3 is 10.2 Å². The Morgan fingerprint density at radius 2 is 2.04 bits per heavy atom. The Balaban J connectivity index is 1.68. The summed E-state index contributed by atoms with van der Waals surface area (Å²) < 4.78 is 1.84. The van der Waals surface area contributed by atoms with Crippen LogP contribution in [0.1, 0.15) is 24.2 Å². The summed E-state index contributed by atoms with van der Waals surface area (Å²) >= 11 is 0. The average molecular weight is 341 g/mol. The van der Waals surface area contributed by atoms with E-state index in [0.29, 0.717) is 6.54 Å². The first-order chi connectivity index (χ1) is 12.1. The lowest BCUT2D eigenvalue weighted by Gasteiger charge is -2.39. The zero-order chi connectivity index (χ0) is 17.8. The number of rotatable bonds is 5. The molecule has 6 heteroatoms. The molecule has 3 rings (SSSR count). The minimum Gasteiger partial charge on any atom is -0.322 e. The predicted octanol–water partition coefficient (Wildman–Crippen LogP) is 2.14. The zero-order valence-corrected chi connectivity index (χ0v) is 15.3. The van der Waals surface area contributed by atoms with Crippen LogP contribution in [0.5, 0.6) is 0 Å². The smallest absolute Gasteiger partial charge is 0.238 e. The standard InChI is InChI=1S/C19H27N5O/c1-4-24-12-17(15(2)21-24)20-19(25)14-23-11-10-22(3)13-18(23)16-8-6-5-7-9-16/h5-9,12,18H,4,10-11,13-14H2,1-3H3,(H,20,25)/t18-/m1/s1. The number of anilines is 1. The number of carbonyl (C=O) groups is 1. The van der Waals surface area contributed by atoms with Gasteiger partial charge in [0, 0.05) is 38.4 Å². The number of nitrogens with one attached hydrogen (secondary N) is 1. The number of hydrogen-bond donors (Lipinski definition) is 1. The molecule has 1 aromatic heterocycles. The fourth-order valence-electron chi connectivity index (χ4n) is 3.31. The van der Waals surface area contributed by atoms with Crippen molar-refractivity contribution in [2.24, 2.45) is 0 Å². The van der Waals surface area contributed by atoms with E-state index in [1.165, 1.54) is 5.56 Å². The highest BCUT2D eigenvalue weighted by molar-refractivity contribution is 5.92. The third-order valence-electron chi connectivity index (χ3n) is 4.77. The molecule has 0 aliphatic carbocycles. The number of amides is 1. The molecule has 1 aromatic carbocycles. The highest BCUT2D eigenvalue weighted by Crippen LogP contribution is 2.24. The molecule has 1 amide bonds. The Morgan fingerprint density at radius 3 is 2.72 bits per heavy atom. The summed E-state index contributed by atoms with van der Waals surface area (Å²) in [4.78, 5) is 17.2. The van der Waals surface area contributed by atoms with Crippen molar-refractivity contribution in [2.75, 3.05) is 38.5 Å². The van der Waals surface area contributed by atoms with E-state index in [1.807, 2.05) is 30.8 Å². The first-order valence-corrected chi connectivity index (χ1v) is 8.88. The molecule has 1 aliphatic heterocycles. The largest absolute Gasteiger partial charge is 0.322 e. The molecule has 2 aromatic rings. The number of piperazine rings is 1. The normalized spacial score (nSPS) is 19.1. The van der Waals surface area contributed by atoms with Crippen molar-refractivity contribution in [3.63, 3.8) is 0 Å². The topological polar surface area (TPSA) is 53.4 Å². The van der Waals surface area contributed by atoms with Gasteiger partial charge in [-0.3, -0.25) is 14.4 Å². The monoisotopic (exact) mass is 341 g/mol. The van der Waals surface area contributed by atoms with Gasteiger partial charge in [-0.05, 0) is 26.5 Å². The third-order valence-corrected chi connectivity index (χ3v) is 4.77. The second-order valence-corrected chi connectivity index (χ2v) is 6.69. The molecule has 1 saturated heterocycles. The van der Waals surface area contributed by atoms with E-state index in [9.17, 15) is 4.79 Å². The number of aromatic nitrogens is 2. The van der Waals surface area contributed by atoms with Crippen LogP contribution in [0.2, 0.25) is 0 Å². The molecule has 2 heterocycles. The average Bonchev–Trinajstić information content (AvgIpc) is 2.97. The van der Waals surface area contributed by atoms with Crippen LogP contribution in [0, 0.1) is 6.92 Å². The first-order valence-electron chi connectivity index (χ1n) is 8.88. The Labute approximate surface area is 149 Å². The predicted molar refractivity (Wildman–Crippen MR) is 99.5 cm³/mol. The summed E-state index contributed by atoms with van der Waals surface area (Å²) in [5.41, 5.74) is 2.92. The number of carbonyl (C=O) groups excluding carboxylic acids is 1. The van der Waals surface area contributed by atoms with Crippen molar-refractivity contribution in [3.05, 3.63) is 47.8 Å². The van der Waals surface area contributed by atoms with Gasteiger partial charge in [0.2, 0.25) is 5.91 Å². The molecule has 1 aliphatic rings. The maximum Gasteiger partial charge on any atom is 0.238 e. The maximum atomic E-state index is 12.6. The number of benzene rings is 1. The van der Waals surface area contributed by atoms with E-state index < -0.39 is 0 Å². The molecule has 6 nitrogen and oxygen atoms in total. The number of nitrogens with zero attached hydrogens (tertiary/aromatic N) is 4. The molecule has 1 fully saturated rings. The van der Waals surface area contributed by atoms with Gasteiger partial charge in [0.15, 0.2) is 0 Å². The Morgan fingerprint density at radius 1 is 1.28 bits per heavy atom. The highest BCUT2D eigenvalue weighted by Gasteiger charge is 2.28. The van der Waals surface area contributed by atoms with Crippen molar-refractivity contribution in [1.29, 1.82) is 0 Å². The summed E-state index contributed by atoms with van der Waals surface area (Å²) in [6.07, 6.45) is 1.89. The molecule has 1 N–H and O–H groups in total. The van der Waals surface area contributed by atoms with Crippen molar-refractivity contribution >= 4 is 11.6 Å². The van der Waals surface area contributed by atoms with Crippen LogP contribution in [0.3, 0.4) is 0 Å². The van der Waals surface area contributed by atoms with Crippen LogP contribution in [0.15, 0.2) is 36.5 Å². The summed E-state index contributed by atoms with van der Waals surface area (Å²) in [7, 11) is 2.13. The molecule has 1 atom stereocenters. The van der Waals surface area contributed by atoms with Gasteiger partial charge in [0.25, 0.3) is 0 Å². The quantitative estimate of drug-likeness (QED) is 0.905. The van der Waals surface area contributed by atoms with E-state index in [0.717, 1.165) is 37.6 Å². The molecule has 134 valence electrons. The van der Waals surface area contributed by atoms with Crippen LogP contribution in [0.4, 0.5) is 5.69 Å². The lowest BCUT2D eigenvalue weighted by Crippen LogP contribution is -2.49. The lowest BCUT2D eigenvalue weighted by atomic mass is 10.0. The molecule has 0 bridgehead atoms. The zero-order valence-electron chi connectivity index (χ0n) is 15.3. The number of hydrogen-bond acceptors (Lipinski definition) is 4. The van der Waals surface area contributed by atoms with Gasteiger partial charge in [0.1, 0.15) is 0 Å². The summed E-state index contributed by atoms with van der Waals surface area (Å²) in [6.45, 7) is 7.94. The molecule has 0 unspecified atom stereocenters. The van der Waals surface area contributed by atoms with E-state index in [4.69, 9.17) is 0 Å². The van der Waals surface area contributed by atoms with Gasteiger partial charge in [-0.1, -0.05) is 30.3 Å². The maximum absolute atomic E-state index is 12.6. The molecule has 0 radical (unpaired) electrons. The van der Waals surface area contributed by atoms with E-state index in [-0.39, 0.29) is 11.9 Å². The van der Waals surface area contributed by atoms with Crippen molar-refractivity contribution in [3.8, 4) is 0 Å². The summed E-state index contributed by atoms with van der Waals surface area (Å²) in [5, 5.41) is 7.40. The third kappa shape index (κ3) is 4.27. The molecule has 0 spiro atoms. The molecule has 0 saturated carbocycles. The van der Waals surface area contributed by atoms with Crippen LogP contribution in [-0.2, 0) is 11.3 Å². The van der Waals surface area contributed by atoms with Gasteiger partial charge in [0.05, 0.1) is 17.9 Å². The Hall–Kier alpha value is -2.18. The van der Waals surface area contributed by atoms with Crippen LogP contribution in [-0.4, -0.2) is 58.7 Å². The van der Waals surface area contributed by atoms with Crippen molar-refractivity contribution < 1.29 is 4.79 Å². The van der Waals surface area contributed by atoms with E-state index in [1.54, 1.807) is 0 Å². The van der Waals surface area contributed by atoms with Gasteiger partial charge in [-0.25, -0.2) is 0 Å². The van der Waals surface area contributed by atoms with Gasteiger partial charge in [-0.2, -0.15) is 5.10 Å². The summed E-state index contributed by atoms with van der Waals surface area (Å²) in [5.74, 6) is 0.0178. The number of likely N-dealkylation sites (N-methyl/N-ethyl adjacent to an activating group) is 1. The van der Waals surface area contributed by atoms with E-state index >= 15 is 0 Å². The fourth-order valence-corrected chi connectivity index (χ4v) is 3.31. The van der Waals surface area contributed by atoms with Crippen LogP contribution >= 0.6 is 0 Å². The number of aryl methyl sites for hydroxylation is 2. The highest BCUT2D eigenvalue weighted by atomic mass is 16.2. The van der Waals surface area contributed by atoms with Crippen LogP contribution < -0.4 is 5.32 Å². The first kappa shape index (κ1) is 17.6. The minimum atomic E-state index is 0.0178. The lowest BCUT2D eigenvalue weighted by molar-refractivity contribution is -0.118. The summed E-state index contributed by atoms with van der Waals surface area (Å²) in [6, 6.07) is 10.7. The second-order valence-electron chi connectivity index (χ2n) is 6.69. The van der Waals surface area contributed by atoms with Gasteiger partial charge in [-0.15, -0.1) is 0 Å². The SMILES string of the molecule is CCn1cc(NC(=O)CN2CCN(C)C[C@@H]2c2ccccc2)c(C)n1. The van der Waals surface area contributed by atoms with Crippen molar-refractivity contribution in [2.45, 2.75) is 26.4 Å². The minimum absolute atomic E-state index is 0.0178. The van der Waals surface area contributed by atoms with E-state index in [2.05, 4.69) is 51.5 Å². The second kappa shape index (κ2) is 7.80. The van der Waals surface area contributed by atoms with Crippen LogP contribution in [0.25, 0.3) is 0 Å². The fraction of sp³-hybridized carbons (Fsp3) is 0.474. The van der Waals surface area contributed by atoms with Gasteiger partial charge >= 0.3 is 0 Å². The Bertz CT molecular complexity index is 712. The molecule has 25 heavy (non-hydrogen) atoms. The molecular formula is C19H27N5O. The van der Waals surface area contributed by atoms with Crippen molar-refractivity contribution in [1.82, 2.24) is 19.6 Å².